The van der Waals surface area contributed by atoms with E-state index in [0.717, 1.165) is 16.7 Å². The highest BCUT2D eigenvalue weighted by Gasteiger charge is 2.29. The van der Waals surface area contributed by atoms with Gasteiger partial charge in [0, 0.05) is 25.5 Å². The van der Waals surface area contributed by atoms with Crippen molar-refractivity contribution in [3.63, 3.8) is 0 Å². The van der Waals surface area contributed by atoms with Crippen LogP contribution in [0.25, 0.3) is 21.1 Å². The van der Waals surface area contributed by atoms with Gasteiger partial charge in [-0.15, -0.1) is 22.7 Å². The van der Waals surface area contributed by atoms with Crippen LogP contribution in [0.4, 0.5) is 22.7 Å². The summed E-state index contributed by atoms with van der Waals surface area (Å²) in [6, 6.07) is 19.9. The predicted molar refractivity (Wildman–Crippen MR) is 253 cm³/mol. The number of aromatic nitrogens is 6. The summed E-state index contributed by atoms with van der Waals surface area (Å²) in [7, 11) is 0. The first-order valence-corrected chi connectivity index (χ1v) is 22.6. The van der Waals surface area contributed by atoms with Crippen LogP contribution in [-0.4, -0.2) is 73.2 Å². The molecule has 20 heteroatoms. The van der Waals surface area contributed by atoms with Crippen LogP contribution >= 0.6 is 22.7 Å². The van der Waals surface area contributed by atoms with E-state index in [1.54, 1.807) is 69.8 Å². The van der Waals surface area contributed by atoms with Crippen molar-refractivity contribution >= 4 is 69.3 Å². The summed E-state index contributed by atoms with van der Waals surface area (Å²) < 4.78 is 23.0. The second-order valence-corrected chi connectivity index (χ2v) is 16.0. The molecule has 0 amide bonds. The molecule has 0 bridgehead atoms. The highest BCUT2D eigenvalue weighted by molar-refractivity contribution is 7.13. The number of benzene rings is 1. The van der Waals surface area contributed by atoms with E-state index in [1.165, 1.54) is 32.0 Å². The summed E-state index contributed by atoms with van der Waals surface area (Å²) in [5, 5.41) is 18.6. The van der Waals surface area contributed by atoms with Crippen molar-refractivity contribution in [2.75, 3.05) is 30.5 Å². The van der Waals surface area contributed by atoms with E-state index in [-0.39, 0.29) is 47.1 Å². The lowest BCUT2D eigenvalue weighted by Crippen LogP contribution is -2.29. The topological polar surface area (TPSA) is 225 Å². The molecule has 6 heterocycles. The second-order valence-electron chi connectivity index (χ2n) is 14.1. The zero-order valence-corrected chi connectivity index (χ0v) is 38.8. The Hall–Kier alpha value is -7.84. The average molecular weight is 947 g/mol. The maximum atomic E-state index is 13.3. The number of nitrogens with zero attached hydrogens (tertiary/aromatic N) is 6. The molecule has 0 fully saturated rings. The summed E-state index contributed by atoms with van der Waals surface area (Å²) >= 11 is 2.73. The molecular formula is C47H46N8O10S2. The van der Waals surface area contributed by atoms with E-state index >= 15 is 0 Å². The molecule has 0 aliphatic heterocycles. The van der Waals surface area contributed by atoms with Gasteiger partial charge in [0.15, 0.2) is 13.2 Å². The van der Waals surface area contributed by atoms with E-state index < -0.39 is 48.2 Å². The van der Waals surface area contributed by atoms with Crippen molar-refractivity contribution < 1.29 is 38.1 Å². The maximum Gasteiger partial charge on any atom is 0.344 e. The number of thiophene rings is 2. The van der Waals surface area contributed by atoms with Crippen molar-refractivity contribution in [3.8, 4) is 21.1 Å². The van der Waals surface area contributed by atoms with Crippen LogP contribution in [0, 0.1) is 13.8 Å². The van der Waals surface area contributed by atoms with Gasteiger partial charge in [-0.05, 0) is 86.3 Å². The minimum absolute atomic E-state index is 0.00482. The van der Waals surface area contributed by atoms with Gasteiger partial charge < -0.3 is 29.6 Å². The Morgan fingerprint density at radius 1 is 0.597 bits per heavy atom. The SMILES string of the molecule is CCOC(=O)COC(=O)c1c(-c2cccs2)nn(CC)c(=O)c1Nc1cnccc1C.CCn1nc(-c2cccs2)c(C(=O)OCC(=O)OCc2ccccc2)c(Nc2cnccc2C)c1=O. The Labute approximate surface area is 392 Å². The molecule has 0 radical (unpaired) electrons. The molecule has 0 saturated carbocycles. The molecule has 18 nitrogen and oxygen atoms in total. The van der Waals surface area contributed by atoms with Gasteiger partial charge in [0.25, 0.3) is 11.1 Å². The number of hydrogen-bond acceptors (Lipinski definition) is 18. The summed E-state index contributed by atoms with van der Waals surface area (Å²) in [6.45, 7) is 8.55. The highest BCUT2D eigenvalue weighted by atomic mass is 32.1. The van der Waals surface area contributed by atoms with E-state index in [4.69, 9.17) is 18.9 Å². The molecule has 0 spiro atoms. The number of rotatable bonds is 17. The third-order valence-electron chi connectivity index (χ3n) is 9.62. The number of hydrogen-bond donors (Lipinski definition) is 2. The fraction of sp³-hybridized carbons (Fsp3) is 0.234. The van der Waals surface area contributed by atoms with Crippen LogP contribution in [0.2, 0.25) is 0 Å². The average Bonchev–Trinajstić information content (AvgIpc) is 4.09. The number of carbonyl (C=O) groups excluding carboxylic acids is 4. The zero-order chi connectivity index (χ0) is 47.9. The lowest BCUT2D eigenvalue weighted by molar-refractivity contribution is -0.148. The van der Waals surface area contributed by atoms with Gasteiger partial charge in [0.1, 0.15) is 40.5 Å². The summed E-state index contributed by atoms with van der Waals surface area (Å²) in [5.74, 6) is -3.11. The molecule has 1 aromatic carbocycles. The lowest BCUT2D eigenvalue weighted by Gasteiger charge is -2.17. The first-order chi connectivity index (χ1) is 32.4. The van der Waals surface area contributed by atoms with Crippen molar-refractivity contribution in [2.45, 2.75) is 54.3 Å². The third kappa shape index (κ3) is 12.3. The Kier molecular flexibility index (Phi) is 17.0. The van der Waals surface area contributed by atoms with E-state index in [2.05, 4.69) is 30.8 Å². The fourth-order valence-corrected chi connectivity index (χ4v) is 7.64. The highest BCUT2D eigenvalue weighted by Crippen LogP contribution is 2.33. The maximum absolute atomic E-state index is 13.3. The number of anilines is 4. The quantitative estimate of drug-likeness (QED) is 0.0666. The molecule has 6 aromatic heterocycles. The van der Waals surface area contributed by atoms with Gasteiger partial charge >= 0.3 is 23.9 Å². The van der Waals surface area contributed by atoms with Crippen molar-refractivity contribution in [2.24, 2.45) is 0 Å². The number of carbonyl (C=O) groups is 4. The number of esters is 4. The summed E-state index contributed by atoms with van der Waals surface area (Å²) in [4.78, 5) is 86.2. The molecule has 67 heavy (non-hydrogen) atoms. The first kappa shape index (κ1) is 48.6. The monoisotopic (exact) mass is 946 g/mol. The van der Waals surface area contributed by atoms with E-state index in [0.29, 0.717) is 34.2 Å². The Morgan fingerprint density at radius 2 is 1.06 bits per heavy atom. The Morgan fingerprint density at radius 3 is 1.46 bits per heavy atom. The van der Waals surface area contributed by atoms with Gasteiger partial charge in [-0.2, -0.15) is 10.2 Å². The van der Waals surface area contributed by atoms with E-state index in [9.17, 15) is 28.8 Å². The smallest absolute Gasteiger partial charge is 0.344 e. The molecule has 0 aliphatic rings. The van der Waals surface area contributed by atoms with Crippen molar-refractivity contribution in [1.82, 2.24) is 29.5 Å². The standard InChI is InChI=1S/C26H24N4O5S.C21H22N4O5S/c1-3-30-25(32)24(28-19-14-27-12-11-17(19)2)22(23(29-30)20-10-7-13-36-20)26(33)35-16-21(31)34-15-18-8-5-4-6-9-18;1-4-25-20(27)19(23-14-11-22-9-8-13(14)3)17(18(24-25)15-7-6-10-31-15)21(28)30-12-16(26)29-5-2/h4-14,28H,3,15-16H2,1-2H3;6-11,23H,4-5,12H2,1-3H3. The van der Waals surface area contributed by atoms with Crippen LogP contribution in [0.15, 0.2) is 112 Å². The Bertz CT molecular complexity index is 2960. The molecule has 0 unspecified atom stereocenters. The number of nitrogens with one attached hydrogen (secondary N) is 2. The van der Waals surface area contributed by atoms with E-state index in [1.807, 2.05) is 67.1 Å². The zero-order valence-electron chi connectivity index (χ0n) is 37.1. The fourth-order valence-electron chi connectivity index (χ4n) is 6.21. The summed E-state index contributed by atoms with van der Waals surface area (Å²) in [5.41, 5.74) is 3.03. The van der Waals surface area contributed by atoms with Gasteiger partial charge in [0.05, 0.1) is 40.1 Å². The van der Waals surface area contributed by atoms with Gasteiger partial charge in [-0.3, -0.25) is 19.6 Å². The number of ether oxygens (including phenoxy) is 4. The van der Waals surface area contributed by atoms with Crippen LogP contribution in [0.5, 0.6) is 0 Å². The summed E-state index contributed by atoms with van der Waals surface area (Å²) in [6.07, 6.45) is 6.38. The second kappa shape index (κ2) is 23.4. The predicted octanol–water partition coefficient (Wildman–Crippen LogP) is 7.50. The van der Waals surface area contributed by atoms with Gasteiger partial charge in [0.2, 0.25) is 0 Å². The molecular weight excluding hydrogens is 901 g/mol. The molecule has 346 valence electrons. The third-order valence-corrected chi connectivity index (χ3v) is 11.4. The minimum atomic E-state index is -0.869. The van der Waals surface area contributed by atoms with Crippen LogP contribution in [0.3, 0.4) is 0 Å². The van der Waals surface area contributed by atoms with Gasteiger partial charge in [-0.25, -0.2) is 28.5 Å². The first-order valence-electron chi connectivity index (χ1n) is 20.9. The van der Waals surface area contributed by atoms with Crippen LogP contribution < -0.4 is 21.8 Å². The van der Waals surface area contributed by atoms with Crippen molar-refractivity contribution in [1.29, 1.82) is 0 Å². The lowest BCUT2D eigenvalue weighted by atomic mass is 10.1. The van der Waals surface area contributed by atoms with Crippen LogP contribution in [-0.2, 0) is 48.2 Å². The van der Waals surface area contributed by atoms with Crippen LogP contribution in [0.1, 0.15) is 58.2 Å². The molecule has 0 saturated heterocycles. The molecule has 0 atom stereocenters. The molecule has 7 aromatic rings. The Balaban J connectivity index is 0.000000224. The molecule has 0 aliphatic carbocycles. The largest absolute Gasteiger partial charge is 0.463 e. The molecule has 7 rings (SSSR count). The number of aryl methyl sites for hydroxylation is 4. The van der Waals surface area contributed by atoms with Crippen molar-refractivity contribution in [3.05, 3.63) is 151 Å². The van der Waals surface area contributed by atoms with Gasteiger partial charge in [-0.1, -0.05) is 42.5 Å². The normalized spacial score (nSPS) is 10.6. The molecule has 2 N–H and O–H groups in total. The number of pyridine rings is 2. The minimum Gasteiger partial charge on any atom is -0.463 e.